The average molecular weight is 378 g/mol. The van der Waals surface area contributed by atoms with E-state index in [0.717, 1.165) is 33.7 Å². The van der Waals surface area contributed by atoms with E-state index < -0.39 is 0 Å². The maximum atomic E-state index is 12.3. The van der Waals surface area contributed by atoms with Gasteiger partial charge in [-0.3, -0.25) is 4.79 Å². The zero-order valence-electron chi connectivity index (χ0n) is 14.9. The summed E-state index contributed by atoms with van der Waals surface area (Å²) in [6, 6.07) is 23.6. The maximum Gasteiger partial charge on any atom is 0.228 e. The van der Waals surface area contributed by atoms with Gasteiger partial charge in [-0.1, -0.05) is 48.5 Å². The first-order valence-electron chi connectivity index (χ1n) is 8.58. The van der Waals surface area contributed by atoms with E-state index in [0.29, 0.717) is 6.42 Å². The first kappa shape index (κ1) is 18.7. The Morgan fingerprint density at radius 1 is 1.00 bits per heavy atom. The highest BCUT2D eigenvalue weighted by molar-refractivity contribution is 5.93. The third-order valence-corrected chi connectivity index (χ3v) is 4.26. The van der Waals surface area contributed by atoms with E-state index in [1.165, 1.54) is 5.56 Å². The molecular weight excluding hydrogens is 358 g/mol. The van der Waals surface area contributed by atoms with E-state index in [-0.39, 0.29) is 18.3 Å². The summed E-state index contributed by atoms with van der Waals surface area (Å²) >= 11 is 0. The number of nitrogens with zero attached hydrogens (tertiary/aromatic N) is 1. The molecule has 0 bridgehead atoms. The monoisotopic (exact) mass is 377 g/mol. The molecule has 0 saturated carbocycles. The predicted molar refractivity (Wildman–Crippen MR) is 112 cm³/mol. The van der Waals surface area contributed by atoms with Gasteiger partial charge in [0, 0.05) is 11.3 Å². The summed E-state index contributed by atoms with van der Waals surface area (Å²) in [7, 11) is 0. The first-order chi connectivity index (χ1) is 12.7. The number of aromatic nitrogens is 2. The van der Waals surface area contributed by atoms with Gasteiger partial charge in [0.25, 0.3) is 0 Å². The van der Waals surface area contributed by atoms with Gasteiger partial charge in [-0.2, -0.15) is 0 Å². The molecule has 0 unspecified atom stereocenters. The summed E-state index contributed by atoms with van der Waals surface area (Å²) in [5, 5.41) is 2.96. The average Bonchev–Trinajstić information content (AvgIpc) is 3.06. The molecule has 1 aromatic heterocycles. The Morgan fingerprint density at radius 2 is 1.81 bits per heavy atom. The van der Waals surface area contributed by atoms with Crippen LogP contribution in [0.2, 0.25) is 0 Å². The fourth-order valence-corrected chi connectivity index (χ4v) is 2.99. The smallest absolute Gasteiger partial charge is 0.228 e. The van der Waals surface area contributed by atoms with Crippen molar-refractivity contribution in [3.63, 3.8) is 0 Å². The number of benzene rings is 3. The van der Waals surface area contributed by atoms with Crippen molar-refractivity contribution in [3.05, 3.63) is 83.9 Å². The SMILES string of the molecule is Cc1ccc2nc(-c3cccc(NC(=O)Cc4ccccc4)c3)[nH]c2c1.Cl. The maximum absolute atomic E-state index is 12.3. The number of rotatable bonds is 4. The molecule has 0 aliphatic heterocycles. The molecule has 5 heteroatoms. The van der Waals surface area contributed by atoms with E-state index in [1.54, 1.807) is 0 Å². The van der Waals surface area contributed by atoms with Crippen LogP contribution in [0.25, 0.3) is 22.4 Å². The molecule has 4 nitrogen and oxygen atoms in total. The van der Waals surface area contributed by atoms with E-state index in [1.807, 2.05) is 66.7 Å². The van der Waals surface area contributed by atoms with Crippen LogP contribution in [0.15, 0.2) is 72.8 Å². The number of aromatic amines is 1. The minimum Gasteiger partial charge on any atom is -0.338 e. The van der Waals surface area contributed by atoms with E-state index in [2.05, 4.69) is 28.3 Å². The lowest BCUT2D eigenvalue weighted by atomic mass is 10.1. The van der Waals surface area contributed by atoms with Gasteiger partial charge < -0.3 is 10.3 Å². The van der Waals surface area contributed by atoms with Gasteiger partial charge in [-0.05, 0) is 42.3 Å². The van der Waals surface area contributed by atoms with Gasteiger partial charge in [-0.15, -0.1) is 12.4 Å². The molecule has 136 valence electrons. The number of carbonyl (C=O) groups is 1. The van der Waals surface area contributed by atoms with Crippen molar-refractivity contribution in [2.24, 2.45) is 0 Å². The number of imidazole rings is 1. The van der Waals surface area contributed by atoms with Crippen LogP contribution in [-0.2, 0) is 11.2 Å². The molecule has 1 amide bonds. The van der Waals surface area contributed by atoms with Crippen molar-refractivity contribution in [3.8, 4) is 11.4 Å². The molecule has 0 saturated heterocycles. The lowest BCUT2D eigenvalue weighted by molar-refractivity contribution is -0.115. The first-order valence-corrected chi connectivity index (χ1v) is 8.58. The number of halogens is 1. The zero-order valence-corrected chi connectivity index (χ0v) is 15.7. The summed E-state index contributed by atoms with van der Waals surface area (Å²) in [6.07, 6.45) is 0.356. The molecule has 27 heavy (non-hydrogen) atoms. The Balaban J connectivity index is 0.00000210. The Hall–Kier alpha value is -3.11. The molecule has 0 radical (unpaired) electrons. The van der Waals surface area contributed by atoms with Crippen LogP contribution in [0.4, 0.5) is 5.69 Å². The molecule has 3 aromatic carbocycles. The van der Waals surface area contributed by atoms with Crippen LogP contribution >= 0.6 is 12.4 Å². The Bertz CT molecular complexity index is 1070. The van der Waals surface area contributed by atoms with E-state index in [9.17, 15) is 4.79 Å². The topological polar surface area (TPSA) is 57.8 Å². The number of aryl methyl sites for hydroxylation is 1. The number of carbonyl (C=O) groups excluding carboxylic acids is 1. The number of H-pyrrole nitrogens is 1. The van der Waals surface area contributed by atoms with Gasteiger partial charge in [0.2, 0.25) is 5.91 Å². The number of nitrogens with one attached hydrogen (secondary N) is 2. The second-order valence-corrected chi connectivity index (χ2v) is 6.40. The van der Waals surface area contributed by atoms with Gasteiger partial charge in [-0.25, -0.2) is 4.98 Å². The van der Waals surface area contributed by atoms with Crippen LogP contribution in [0.5, 0.6) is 0 Å². The highest BCUT2D eigenvalue weighted by Crippen LogP contribution is 2.23. The number of anilines is 1. The van der Waals surface area contributed by atoms with Crippen molar-refractivity contribution in [1.29, 1.82) is 0 Å². The lowest BCUT2D eigenvalue weighted by Crippen LogP contribution is -2.14. The molecule has 0 fully saturated rings. The number of hydrogen-bond donors (Lipinski definition) is 2. The summed E-state index contributed by atoms with van der Waals surface area (Å²) in [5.41, 5.74) is 5.84. The fourth-order valence-electron chi connectivity index (χ4n) is 2.99. The summed E-state index contributed by atoms with van der Waals surface area (Å²) < 4.78 is 0. The Labute approximate surface area is 164 Å². The molecule has 0 aliphatic carbocycles. The minimum atomic E-state index is -0.0337. The molecular formula is C22H20ClN3O. The fraction of sp³-hybridized carbons (Fsp3) is 0.0909. The van der Waals surface area contributed by atoms with Gasteiger partial charge in [0.05, 0.1) is 17.5 Å². The molecule has 2 N–H and O–H groups in total. The van der Waals surface area contributed by atoms with Crippen molar-refractivity contribution in [1.82, 2.24) is 9.97 Å². The second kappa shape index (κ2) is 8.06. The third kappa shape index (κ3) is 4.36. The highest BCUT2D eigenvalue weighted by atomic mass is 35.5. The summed E-state index contributed by atoms with van der Waals surface area (Å²) in [6.45, 7) is 2.06. The van der Waals surface area contributed by atoms with Crippen molar-refractivity contribution < 1.29 is 4.79 Å². The van der Waals surface area contributed by atoms with Gasteiger partial charge in [0.1, 0.15) is 5.82 Å². The lowest BCUT2D eigenvalue weighted by Gasteiger charge is -2.07. The molecule has 0 atom stereocenters. The second-order valence-electron chi connectivity index (χ2n) is 6.40. The summed E-state index contributed by atoms with van der Waals surface area (Å²) in [5.74, 6) is 0.762. The number of amides is 1. The highest BCUT2D eigenvalue weighted by Gasteiger charge is 2.08. The molecule has 0 spiro atoms. The van der Waals surface area contributed by atoms with Crippen molar-refractivity contribution >= 4 is 35.0 Å². The summed E-state index contributed by atoms with van der Waals surface area (Å²) in [4.78, 5) is 20.3. The molecule has 1 heterocycles. The standard InChI is InChI=1S/C22H19N3O.ClH/c1-15-10-11-19-20(12-15)25-22(24-19)17-8-5-9-18(14-17)23-21(26)13-16-6-3-2-4-7-16;/h2-12,14H,13H2,1H3,(H,23,26)(H,24,25);1H. The van der Waals surface area contributed by atoms with Crippen LogP contribution < -0.4 is 5.32 Å². The third-order valence-electron chi connectivity index (χ3n) is 4.26. The van der Waals surface area contributed by atoms with Gasteiger partial charge >= 0.3 is 0 Å². The predicted octanol–water partition coefficient (Wildman–Crippen LogP) is 5.14. The van der Waals surface area contributed by atoms with E-state index >= 15 is 0 Å². The minimum absolute atomic E-state index is 0. The normalized spacial score (nSPS) is 10.4. The molecule has 4 rings (SSSR count). The van der Waals surface area contributed by atoms with Crippen LogP contribution in [-0.4, -0.2) is 15.9 Å². The van der Waals surface area contributed by atoms with Crippen LogP contribution in [0.3, 0.4) is 0 Å². The quantitative estimate of drug-likeness (QED) is 0.517. The van der Waals surface area contributed by atoms with Crippen molar-refractivity contribution in [2.45, 2.75) is 13.3 Å². The molecule has 0 aliphatic rings. The largest absolute Gasteiger partial charge is 0.338 e. The van der Waals surface area contributed by atoms with E-state index in [4.69, 9.17) is 0 Å². The van der Waals surface area contributed by atoms with Crippen molar-refractivity contribution in [2.75, 3.05) is 5.32 Å². The Morgan fingerprint density at radius 3 is 2.63 bits per heavy atom. The number of fused-ring (bicyclic) bond motifs is 1. The molecule has 4 aromatic rings. The zero-order chi connectivity index (χ0) is 17.9. The number of hydrogen-bond acceptors (Lipinski definition) is 2. The van der Waals surface area contributed by atoms with Gasteiger partial charge in [0.15, 0.2) is 0 Å². The Kier molecular flexibility index (Phi) is 5.57. The van der Waals surface area contributed by atoms with Crippen LogP contribution in [0.1, 0.15) is 11.1 Å². The van der Waals surface area contributed by atoms with Crippen LogP contribution in [0, 0.1) is 6.92 Å².